The summed E-state index contributed by atoms with van der Waals surface area (Å²) in [6.07, 6.45) is 1.73. The van der Waals surface area contributed by atoms with Gasteiger partial charge in [-0.05, 0) is 29.8 Å². The van der Waals surface area contributed by atoms with Crippen molar-refractivity contribution >= 4 is 23.2 Å². The van der Waals surface area contributed by atoms with Crippen LogP contribution in [0, 0.1) is 0 Å². The molecule has 5 heteroatoms. The Balaban J connectivity index is 0.00000225. The van der Waals surface area contributed by atoms with Gasteiger partial charge < -0.3 is 14.8 Å². The molecule has 4 nitrogen and oxygen atoms in total. The molecule has 0 atom stereocenters. The summed E-state index contributed by atoms with van der Waals surface area (Å²) in [7, 11) is 0. The summed E-state index contributed by atoms with van der Waals surface area (Å²) >= 11 is 0. The summed E-state index contributed by atoms with van der Waals surface area (Å²) in [6, 6.07) is 18.2. The van der Waals surface area contributed by atoms with Crippen LogP contribution in [0.4, 0.5) is 0 Å². The van der Waals surface area contributed by atoms with Crippen LogP contribution in [0.15, 0.2) is 60.8 Å². The van der Waals surface area contributed by atoms with Gasteiger partial charge in [0.15, 0.2) is 0 Å². The van der Waals surface area contributed by atoms with Gasteiger partial charge in [-0.1, -0.05) is 36.4 Å². The molecule has 0 spiro atoms. The van der Waals surface area contributed by atoms with Crippen LogP contribution >= 0.6 is 12.4 Å². The molecule has 0 aliphatic heterocycles. The molecule has 0 fully saturated rings. The number of fused-ring (bicyclic) bond motifs is 1. The Morgan fingerprint density at radius 1 is 0.960 bits per heavy atom. The van der Waals surface area contributed by atoms with Gasteiger partial charge in [0.25, 0.3) is 0 Å². The van der Waals surface area contributed by atoms with Gasteiger partial charge in [0.2, 0.25) is 5.88 Å². The molecule has 0 saturated heterocycles. The van der Waals surface area contributed by atoms with E-state index in [1.807, 2.05) is 31.2 Å². The maximum absolute atomic E-state index is 5.79. The van der Waals surface area contributed by atoms with E-state index in [0.29, 0.717) is 19.1 Å². The van der Waals surface area contributed by atoms with Crippen LogP contribution in [0.25, 0.3) is 10.8 Å². The van der Waals surface area contributed by atoms with Crippen LogP contribution in [0.3, 0.4) is 0 Å². The highest BCUT2D eigenvalue weighted by Gasteiger charge is 2.08. The van der Waals surface area contributed by atoms with E-state index in [1.165, 1.54) is 16.3 Å². The number of hydrogen-bond donors (Lipinski definition) is 1. The summed E-state index contributed by atoms with van der Waals surface area (Å²) in [6.45, 7) is 4.72. The van der Waals surface area contributed by atoms with Crippen LogP contribution < -0.4 is 14.8 Å². The molecule has 0 aliphatic carbocycles. The van der Waals surface area contributed by atoms with E-state index in [9.17, 15) is 0 Å². The second-order valence-electron chi connectivity index (χ2n) is 5.39. The Hall–Kier alpha value is -2.30. The summed E-state index contributed by atoms with van der Waals surface area (Å²) in [5.74, 6) is 1.59. The largest absolute Gasteiger partial charge is 0.494 e. The topological polar surface area (TPSA) is 43.4 Å². The Morgan fingerprint density at radius 3 is 2.60 bits per heavy atom. The number of aromatic nitrogens is 1. The molecule has 25 heavy (non-hydrogen) atoms. The second kappa shape index (κ2) is 9.87. The fourth-order valence-electron chi connectivity index (χ4n) is 2.66. The lowest BCUT2D eigenvalue weighted by Gasteiger charge is -2.14. The van der Waals surface area contributed by atoms with Gasteiger partial charge in [0.1, 0.15) is 12.4 Å². The molecule has 3 aromatic rings. The maximum atomic E-state index is 5.79. The van der Waals surface area contributed by atoms with E-state index in [0.717, 1.165) is 18.8 Å². The Kier molecular flexibility index (Phi) is 7.51. The molecular weight excluding hydrogens is 336 g/mol. The molecule has 0 aliphatic rings. The van der Waals surface area contributed by atoms with E-state index in [-0.39, 0.29) is 12.4 Å². The van der Waals surface area contributed by atoms with Crippen molar-refractivity contribution in [2.24, 2.45) is 0 Å². The van der Waals surface area contributed by atoms with Gasteiger partial charge in [0, 0.05) is 30.9 Å². The average Bonchev–Trinajstić information content (AvgIpc) is 2.64. The fourth-order valence-corrected chi connectivity index (χ4v) is 2.66. The van der Waals surface area contributed by atoms with E-state index in [1.54, 1.807) is 6.20 Å². The molecule has 132 valence electrons. The SMILES string of the molecule is CCOc1ccc2ccccc2c1CNCCOc1ccccn1.Cl. The van der Waals surface area contributed by atoms with Gasteiger partial charge in [-0.25, -0.2) is 4.98 Å². The highest BCUT2D eigenvalue weighted by atomic mass is 35.5. The standard InChI is InChI=1S/C20H22N2O2.ClH/c1-2-23-19-11-10-16-7-3-4-8-17(16)18(19)15-21-13-14-24-20-9-5-6-12-22-20;/h3-12,21H,2,13-15H2,1H3;1H. The van der Waals surface area contributed by atoms with Crippen molar-refractivity contribution in [3.63, 3.8) is 0 Å². The third-order valence-electron chi connectivity index (χ3n) is 3.77. The molecule has 1 N–H and O–H groups in total. The summed E-state index contributed by atoms with van der Waals surface area (Å²) in [5.41, 5.74) is 1.19. The summed E-state index contributed by atoms with van der Waals surface area (Å²) in [4.78, 5) is 4.14. The number of ether oxygens (including phenoxy) is 2. The molecule has 0 bridgehead atoms. The first-order valence-corrected chi connectivity index (χ1v) is 8.26. The minimum atomic E-state index is 0. The second-order valence-corrected chi connectivity index (χ2v) is 5.39. The number of hydrogen-bond acceptors (Lipinski definition) is 4. The number of nitrogens with zero attached hydrogens (tertiary/aromatic N) is 1. The highest BCUT2D eigenvalue weighted by Crippen LogP contribution is 2.28. The molecule has 0 amide bonds. The first kappa shape index (κ1) is 19.0. The van der Waals surface area contributed by atoms with Crippen molar-refractivity contribution in [2.75, 3.05) is 19.8 Å². The molecule has 0 unspecified atom stereocenters. The molecule has 0 saturated carbocycles. The predicted molar refractivity (Wildman–Crippen MR) is 104 cm³/mol. The average molecular weight is 359 g/mol. The maximum Gasteiger partial charge on any atom is 0.213 e. The quantitative estimate of drug-likeness (QED) is 0.612. The first-order chi connectivity index (χ1) is 11.9. The third-order valence-corrected chi connectivity index (χ3v) is 3.77. The van der Waals surface area contributed by atoms with E-state index in [2.05, 4.69) is 40.6 Å². The van der Waals surface area contributed by atoms with Crippen LogP contribution in [0.2, 0.25) is 0 Å². The Bertz CT molecular complexity index is 781. The van der Waals surface area contributed by atoms with Crippen molar-refractivity contribution in [1.29, 1.82) is 0 Å². The monoisotopic (exact) mass is 358 g/mol. The highest BCUT2D eigenvalue weighted by molar-refractivity contribution is 5.87. The minimum Gasteiger partial charge on any atom is -0.494 e. The number of rotatable bonds is 8. The minimum absolute atomic E-state index is 0. The molecular formula is C20H23ClN2O2. The number of halogens is 1. The zero-order valence-electron chi connectivity index (χ0n) is 14.3. The van der Waals surface area contributed by atoms with E-state index >= 15 is 0 Å². The van der Waals surface area contributed by atoms with Crippen molar-refractivity contribution in [3.8, 4) is 11.6 Å². The van der Waals surface area contributed by atoms with Gasteiger partial charge in [-0.2, -0.15) is 0 Å². The lowest BCUT2D eigenvalue weighted by Crippen LogP contribution is -2.21. The van der Waals surface area contributed by atoms with Crippen molar-refractivity contribution in [1.82, 2.24) is 10.3 Å². The smallest absolute Gasteiger partial charge is 0.213 e. The summed E-state index contributed by atoms with van der Waals surface area (Å²) < 4.78 is 11.4. The molecule has 0 radical (unpaired) electrons. The van der Waals surface area contributed by atoms with E-state index < -0.39 is 0 Å². The molecule has 3 rings (SSSR count). The lowest BCUT2D eigenvalue weighted by molar-refractivity contribution is 0.300. The van der Waals surface area contributed by atoms with Gasteiger partial charge in [0.05, 0.1) is 6.61 Å². The lowest BCUT2D eigenvalue weighted by atomic mass is 10.0. The molecule has 1 heterocycles. The van der Waals surface area contributed by atoms with E-state index in [4.69, 9.17) is 9.47 Å². The zero-order chi connectivity index (χ0) is 16.6. The van der Waals surface area contributed by atoms with Crippen LogP contribution in [-0.2, 0) is 6.54 Å². The summed E-state index contributed by atoms with van der Waals surface area (Å²) in [5, 5.41) is 5.88. The molecule has 2 aromatic carbocycles. The van der Waals surface area contributed by atoms with Crippen molar-refractivity contribution in [2.45, 2.75) is 13.5 Å². The number of pyridine rings is 1. The third kappa shape index (κ3) is 5.08. The Labute approximate surface area is 154 Å². The first-order valence-electron chi connectivity index (χ1n) is 8.26. The van der Waals surface area contributed by atoms with Crippen LogP contribution in [-0.4, -0.2) is 24.7 Å². The van der Waals surface area contributed by atoms with Crippen LogP contribution in [0.5, 0.6) is 11.6 Å². The number of nitrogens with one attached hydrogen (secondary N) is 1. The van der Waals surface area contributed by atoms with Gasteiger partial charge in [-0.3, -0.25) is 0 Å². The molecule has 1 aromatic heterocycles. The fraction of sp³-hybridized carbons (Fsp3) is 0.250. The van der Waals surface area contributed by atoms with Crippen LogP contribution in [0.1, 0.15) is 12.5 Å². The van der Waals surface area contributed by atoms with Gasteiger partial charge >= 0.3 is 0 Å². The van der Waals surface area contributed by atoms with Crippen molar-refractivity contribution < 1.29 is 9.47 Å². The van der Waals surface area contributed by atoms with Crippen molar-refractivity contribution in [3.05, 3.63) is 66.4 Å². The van der Waals surface area contributed by atoms with Gasteiger partial charge in [-0.15, -0.1) is 12.4 Å². The predicted octanol–water partition coefficient (Wildman–Crippen LogP) is 4.22. The zero-order valence-corrected chi connectivity index (χ0v) is 15.1. The Morgan fingerprint density at radius 2 is 1.80 bits per heavy atom. The number of benzene rings is 2. The normalized spacial score (nSPS) is 10.3.